The number of rotatable bonds is 5. The molecule has 3 aromatic rings. The standard InChI is InChI=1S/C19H16Cl2N4O/c1-11-6-18(23-17-9-14(20)8-15(21)10-17)25-19(22-11)24-16-5-3-4-13(7-16)12(2)26/h3-10H,1-2H3,(H2,22,23,24,25). The smallest absolute Gasteiger partial charge is 0.229 e. The molecule has 0 bridgehead atoms. The molecule has 0 saturated carbocycles. The summed E-state index contributed by atoms with van der Waals surface area (Å²) < 4.78 is 0. The monoisotopic (exact) mass is 386 g/mol. The second kappa shape index (κ2) is 7.72. The minimum Gasteiger partial charge on any atom is -0.340 e. The van der Waals surface area contributed by atoms with Gasteiger partial charge in [0.25, 0.3) is 0 Å². The fourth-order valence-corrected chi connectivity index (χ4v) is 2.93. The number of nitrogens with zero attached hydrogens (tertiary/aromatic N) is 2. The third-order valence-electron chi connectivity index (χ3n) is 3.51. The fraction of sp³-hybridized carbons (Fsp3) is 0.105. The first kappa shape index (κ1) is 18.2. The van der Waals surface area contributed by atoms with Crippen LogP contribution in [0, 0.1) is 6.92 Å². The summed E-state index contributed by atoms with van der Waals surface area (Å²) in [7, 11) is 0. The number of carbonyl (C=O) groups is 1. The highest BCUT2D eigenvalue weighted by Gasteiger charge is 2.06. The van der Waals surface area contributed by atoms with Crippen molar-refractivity contribution >= 4 is 52.1 Å². The summed E-state index contributed by atoms with van der Waals surface area (Å²) in [5.41, 5.74) is 2.86. The van der Waals surface area contributed by atoms with Crippen molar-refractivity contribution in [3.63, 3.8) is 0 Å². The molecule has 0 aliphatic rings. The number of hydrogen-bond acceptors (Lipinski definition) is 5. The molecule has 0 fully saturated rings. The SMILES string of the molecule is CC(=O)c1cccc(Nc2nc(C)cc(Nc3cc(Cl)cc(Cl)c3)n2)c1. The van der Waals surface area contributed by atoms with Gasteiger partial charge in [-0.15, -0.1) is 0 Å². The Balaban J connectivity index is 1.85. The van der Waals surface area contributed by atoms with Crippen molar-refractivity contribution in [1.29, 1.82) is 0 Å². The van der Waals surface area contributed by atoms with Crippen LogP contribution in [0.4, 0.5) is 23.1 Å². The van der Waals surface area contributed by atoms with Gasteiger partial charge in [0, 0.05) is 38.7 Å². The van der Waals surface area contributed by atoms with E-state index >= 15 is 0 Å². The van der Waals surface area contributed by atoms with Crippen LogP contribution in [0.1, 0.15) is 23.0 Å². The lowest BCUT2D eigenvalue weighted by Gasteiger charge is -2.11. The van der Waals surface area contributed by atoms with Gasteiger partial charge in [0.2, 0.25) is 5.95 Å². The van der Waals surface area contributed by atoms with Gasteiger partial charge in [-0.3, -0.25) is 4.79 Å². The number of anilines is 4. The molecular weight excluding hydrogens is 371 g/mol. The first-order valence-corrected chi connectivity index (χ1v) is 8.61. The van der Waals surface area contributed by atoms with E-state index in [1.807, 2.05) is 25.1 Å². The third-order valence-corrected chi connectivity index (χ3v) is 3.95. The second-order valence-corrected chi connectivity index (χ2v) is 6.64. The number of nitrogens with one attached hydrogen (secondary N) is 2. The molecule has 0 radical (unpaired) electrons. The lowest BCUT2D eigenvalue weighted by molar-refractivity contribution is 0.101. The summed E-state index contributed by atoms with van der Waals surface area (Å²) in [6.45, 7) is 3.40. The maximum Gasteiger partial charge on any atom is 0.229 e. The molecule has 0 spiro atoms. The molecular formula is C19H16Cl2N4O. The topological polar surface area (TPSA) is 66.9 Å². The zero-order chi connectivity index (χ0) is 18.7. The Bertz CT molecular complexity index is 955. The number of halogens is 2. The van der Waals surface area contributed by atoms with Crippen molar-refractivity contribution in [2.75, 3.05) is 10.6 Å². The number of aryl methyl sites for hydroxylation is 1. The van der Waals surface area contributed by atoms with Crippen LogP contribution in [0.25, 0.3) is 0 Å². The van der Waals surface area contributed by atoms with E-state index in [9.17, 15) is 4.79 Å². The minimum atomic E-state index is -0.000925. The van der Waals surface area contributed by atoms with Gasteiger partial charge in [0.15, 0.2) is 5.78 Å². The van der Waals surface area contributed by atoms with Crippen LogP contribution in [0.15, 0.2) is 48.5 Å². The molecule has 0 unspecified atom stereocenters. The number of benzene rings is 2. The zero-order valence-corrected chi connectivity index (χ0v) is 15.7. The van der Waals surface area contributed by atoms with Crippen molar-refractivity contribution in [3.8, 4) is 0 Å². The van der Waals surface area contributed by atoms with Crippen LogP contribution >= 0.6 is 23.2 Å². The predicted molar refractivity (Wildman–Crippen MR) is 106 cm³/mol. The molecule has 3 rings (SSSR count). The van der Waals surface area contributed by atoms with Crippen LogP contribution < -0.4 is 10.6 Å². The molecule has 5 nitrogen and oxygen atoms in total. The van der Waals surface area contributed by atoms with Crippen molar-refractivity contribution in [1.82, 2.24) is 9.97 Å². The summed E-state index contributed by atoms with van der Waals surface area (Å²) in [6.07, 6.45) is 0. The maximum atomic E-state index is 11.5. The van der Waals surface area contributed by atoms with Gasteiger partial charge >= 0.3 is 0 Å². The molecule has 0 atom stereocenters. The normalized spacial score (nSPS) is 10.5. The second-order valence-electron chi connectivity index (χ2n) is 5.76. The molecule has 0 amide bonds. The van der Waals surface area contributed by atoms with Gasteiger partial charge in [-0.2, -0.15) is 4.98 Å². The summed E-state index contributed by atoms with van der Waals surface area (Å²) in [4.78, 5) is 20.4. The lowest BCUT2D eigenvalue weighted by Crippen LogP contribution is -2.03. The predicted octanol–water partition coefficient (Wildman–Crippen LogP) is 5.78. The van der Waals surface area contributed by atoms with Gasteiger partial charge in [-0.25, -0.2) is 4.98 Å². The van der Waals surface area contributed by atoms with E-state index in [-0.39, 0.29) is 5.78 Å². The van der Waals surface area contributed by atoms with E-state index in [0.717, 1.165) is 17.1 Å². The van der Waals surface area contributed by atoms with E-state index < -0.39 is 0 Å². The molecule has 1 aromatic heterocycles. The largest absolute Gasteiger partial charge is 0.340 e. The van der Waals surface area contributed by atoms with Crippen molar-refractivity contribution in [2.45, 2.75) is 13.8 Å². The first-order valence-electron chi connectivity index (χ1n) is 7.86. The number of Topliss-reactive ketones (excluding diaryl/α,β-unsaturated/α-hetero) is 1. The molecule has 0 aliphatic carbocycles. The molecule has 0 aliphatic heterocycles. The Labute approximate surface area is 161 Å². The highest BCUT2D eigenvalue weighted by Crippen LogP contribution is 2.25. The lowest BCUT2D eigenvalue weighted by atomic mass is 10.1. The first-order chi connectivity index (χ1) is 12.4. The van der Waals surface area contributed by atoms with E-state index in [4.69, 9.17) is 23.2 Å². The summed E-state index contributed by atoms with van der Waals surface area (Å²) in [5, 5.41) is 7.36. The molecule has 0 saturated heterocycles. The summed E-state index contributed by atoms with van der Waals surface area (Å²) >= 11 is 12.1. The Kier molecular flexibility index (Phi) is 5.40. The quantitative estimate of drug-likeness (QED) is 0.543. The van der Waals surface area contributed by atoms with Crippen LogP contribution in [0.5, 0.6) is 0 Å². The van der Waals surface area contributed by atoms with Crippen LogP contribution in [-0.2, 0) is 0 Å². The minimum absolute atomic E-state index is 0.000925. The van der Waals surface area contributed by atoms with E-state index in [0.29, 0.717) is 27.4 Å². The van der Waals surface area contributed by atoms with Gasteiger partial charge in [-0.05, 0) is 44.2 Å². The molecule has 2 N–H and O–H groups in total. The Morgan fingerprint density at radius 3 is 2.35 bits per heavy atom. The van der Waals surface area contributed by atoms with Crippen LogP contribution in [0.3, 0.4) is 0 Å². The van der Waals surface area contributed by atoms with Crippen molar-refractivity contribution in [2.24, 2.45) is 0 Å². The maximum absolute atomic E-state index is 11.5. The average Bonchev–Trinajstić information content (AvgIpc) is 2.53. The fourth-order valence-electron chi connectivity index (χ4n) is 2.41. The highest BCUT2D eigenvalue weighted by atomic mass is 35.5. The Hall–Kier alpha value is -2.63. The zero-order valence-electron chi connectivity index (χ0n) is 14.2. The van der Waals surface area contributed by atoms with E-state index in [1.54, 1.807) is 30.3 Å². The number of aromatic nitrogens is 2. The molecule has 2 aromatic carbocycles. The van der Waals surface area contributed by atoms with Gasteiger partial charge < -0.3 is 10.6 Å². The number of ketones is 1. The highest BCUT2D eigenvalue weighted by molar-refractivity contribution is 6.35. The van der Waals surface area contributed by atoms with Gasteiger partial charge in [0.05, 0.1) is 0 Å². The van der Waals surface area contributed by atoms with Crippen molar-refractivity contribution < 1.29 is 4.79 Å². The van der Waals surface area contributed by atoms with Crippen LogP contribution in [-0.4, -0.2) is 15.8 Å². The number of hydrogen-bond donors (Lipinski definition) is 2. The number of carbonyl (C=O) groups excluding carboxylic acids is 1. The molecule has 7 heteroatoms. The average molecular weight is 387 g/mol. The van der Waals surface area contributed by atoms with Gasteiger partial charge in [0.1, 0.15) is 5.82 Å². The van der Waals surface area contributed by atoms with E-state index in [1.165, 1.54) is 6.92 Å². The Morgan fingerprint density at radius 1 is 0.923 bits per heavy atom. The molecule has 132 valence electrons. The summed E-state index contributed by atoms with van der Waals surface area (Å²) in [5.74, 6) is 1.02. The van der Waals surface area contributed by atoms with Gasteiger partial charge in [-0.1, -0.05) is 35.3 Å². The van der Waals surface area contributed by atoms with Crippen LogP contribution in [0.2, 0.25) is 10.0 Å². The Morgan fingerprint density at radius 2 is 1.65 bits per heavy atom. The van der Waals surface area contributed by atoms with Crippen molar-refractivity contribution in [3.05, 3.63) is 69.8 Å². The molecule has 1 heterocycles. The molecule has 26 heavy (non-hydrogen) atoms. The van der Waals surface area contributed by atoms with E-state index in [2.05, 4.69) is 20.6 Å². The third kappa shape index (κ3) is 4.71. The summed E-state index contributed by atoms with van der Waals surface area (Å²) in [6, 6.07) is 14.2.